The van der Waals surface area contributed by atoms with Gasteiger partial charge >= 0.3 is 0 Å². The van der Waals surface area contributed by atoms with Crippen LogP contribution in [0.2, 0.25) is 5.02 Å². The Morgan fingerprint density at radius 2 is 1.82 bits per heavy atom. The van der Waals surface area contributed by atoms with Crippen LogP contribution in [-0.4, -0.2) is 20.7 Å². The van der Waals surface area contributed by atoms with Gasteiger partial charge in [-0.1, -0.05) is 41.9 Å². The second kappa shape index (κ2) is 6.41. The number of carbonyl (C=O) groups is 1. The summed E-state index contributed by atoms with van der Waals surface area (Å²) in [4.78, 5) is 16.6. The first-order valence-electron chi connectivity index (χ1n) is 6.69. The van der Waals surface area contributed by atoms with Gasteiger partial charge in [-0.15, -0.1) is 0 Å². The molecule has 3 aromatic rings. The lowest BCUT2D eigenvalue weighted by Gasteiger charge is -2.17. The van der Waals surface area contributed by atoms with Crippen molar-refractivity contribution in [2.75, 3.05) is 5.32 Å². The minimum Gasteiger partial charge on any atom is -0.324 e. The topological polar surface area (TPSA) is 59.8 Å². The number of hydrogen-bond donors (Lipinski definition) is 1. The summed E-state index contributed by atoms with van der Waals surface area (Å²) >= 11 is 5.92. The molecule has 3 rings (SSSR count). The molecule has 110 valence electrons. The Bertz CT molecular complexity index is 742. The molecule has 22 heavy (non-hydrogen) atoms. The fourth-order valence-electron chi connectivity index (χ4n) is 2.15. The number of hydrogen-bond acceptors (Lipinski definition) is 3. The van der Waals surface area contributed by atoms with Gasteiger partial charge in [0, 0.05) is 10.7 Å². The van der Waals surface area contributed by atoms with Gasteiger partial charge in [0.25, 0.3) is 5.91 Å². The lowest BCUT2D eigenvalue weighted by atomic mass is 10.1. The normalized spacial score (nSPS) is 11.9. The molecule has 0 bridgehead atoms. The van der Waals surface area contributed by atoms with Crippen molar-refractivity contribution in [1.29, 1.82) is 0 Å². The van der Waals surface area contributed by atoms with Gasteiger partial charge in [-0.05, 0) is 29.8 Å². The van der Waals surface area contributed by atoms with E-state index < -0.39 is 6.04 Å². The predicted molar refractivity (Wildman–Crippen MR) is 84.7 cm³/mol. The molecule has 1 amide bonds. The summed E-state index contributed by atoms with van der Waals surface area (Å²) in [6.07, 6.45) is 2.92. The highest BCUT2D eigenvalue weighted by Gasteiger charge is 2.23. The Morgan fingerprint density at radius 3 is 2.45 bits per heavy atom. The third-order valence-electron chi connectivity index (χ3n) is 3.18. The van der Waals surface area contributed by atoms with Crippen LogP contribution >= 0.6 is 11.6 Å². The van der Waals surface area contributed by atoms with Crippen LogP contribution in [0.25, 0.3) is 0 Å². The van der Waals surface area contributed by atoms with E-state index in [-0.39, 0.29) is 5.91 Å². The summed E-state index contributed by atoms with van der Waals surface area (Å²) in [6, 6.07) is 15.8. The molecule has 1 aromatic heterocycles. The molecule has 1 heterocycles. The van der Waals surface area contributed by atoms with E-state index >= 15 is 0 Å². The number of amides is 1. The number of anilines is 1. The van der Waals surface area contributed by atoms with E-state index in [0.29, 0.717) is 5.02 Å². The summed E-state index contributed by atoms with van der Waals surface area (Å²) in [5.74, 6) is -0.195. The molecule has 0 fully saturated rings. The van der Waals surface area contributed by atoms with Gasteiger partial charge < -0.3 is 5.32 Å². The van der Waals surface area contributed by atoms with Crippen molar-refractivity contribution in [3.05, 3.63) is 77.8 Å². The summed E-state index contributed by atoms with van der Waals surface area (Å²) in [5, 5.41) is 7.59. The average molecular weight is 313 g/mol. The van der Waals surface area contributed by atoms with E-state index in [1.54, 1.807) is 24.3 Å². The lowest BCUT2D eigenvalue weighted by molar-refractivity contribution is -0.118. The van der Waals surface area contributed by atoms with Crippen molar-refractivity contribution in [3.8, 4) is 0 Å². The largest absolute Gasteiger partial charge is 0.324 e. The zero-order valence-electron chi connectivity index (χ0n) is 11.6. The van der Waals surface area contributed by atoms with Crippen molar-refractivity contribution in [1.82, 2.24) is 14.8 Å². The van der Waals surface area contributed by atoms with Crippen molar-refractivity contribution >= 4 is 23.2 Å². The summed E-state index contributed by atoms with van der Waals surface area (Å²) in [5.41, 5.74) is 1.51. The molecular weight excluding hydrogens is 300 g/mol. The standard InChI is InChI=1S/C16H13ClN4O/c17-13-8-6-12(7-9-13)15(21-11-18-10-19-21)16(22)20-14-4-2-1-3-5-14/h1-11,15H,(H,20,22)/t15-/m0/s1. The molecule has 1 N–H and O–H groups in total. The summed E-state index contributed by atoms with van der Waals surface area (Å²) in [7, 11) is 0. The fourth-order valence-corrected chi connectivity index (χ4v) is 2.28. The van der Waals surface area contributed by atoms with E-state index in [1.807, 2.05) is 30.3 Å². The zero-order valence-corrected chi connectivity index (χ0v) is 12.3. The van der Waals surface area contributed by atoms with Crippen LogP contribution < -0.4 is 5.32 Å². The van der Waals surface area contributed by atoms with E-state index in [1.165, 1.54) is 17.3 Å². The maximum atomic E-state index is 12.7. The van der Waals surface area contributed by atoms with Crippen LogP contribution in [0.3, 0.4) is 0 Å². The number of para-hydroxylation sites is 1. The maximum absolute atomic E-state index is 12.7. The fraction of sp³-hybridized carbons (Fsp3) is 0.0625. The molecular formula is C16H13ClN4O. The predicted octanol–water partition coefficient (Wildman–Crippen LogP) is 3.16. The van der Waals surface area contributed by atoms with Gasteiger partial charge in [-0.25, -0.2) is 9.67 Å². The van der Waals surface area contributed by atoms with Crippen molar-refractivity contribution in [3.63, 3.8) is 0 Å². The molecule has 1 atom stereocenters. The number of aromatic nitrogens is 3. The number of rotatable bonds is 4. The van der Waals surface area contributed by atoms with E-state index in [2.05, 4.69) is 15.4 Å². The zero-order chi connectivity index (χ0) is 15.4. The number of nitrogens with zero attached hydrogens (tertiary/aromatic N) is 3. The molecule has 0 saturated carbocycles. The minimum atomic E-state index is -0.611. The van der Waals surface area contributed by atoms with Gasteiger partial charge in [0.05, 0.1) is 0 Å². The van der Waals surface area contributed by atoms with Crippen LogP contribution in [0.15, 0.2) is 67.3 Å². The average Bonchev–Trinajstić information content (AvgIpc) is 3.04. The molecule has 0 aliphatic carbocycles. The number of carbonyl (C=O) groups excluding carboxylic acids is 1. The molecule has 2 aromatic carbocycles. The Labute approximate surface area is 132 Å². The van der Waals surface area contributed by atoms with E-state index in [9.17, 15) is 4.79 Å². The minimum absolute atomic E-state index is 0.195. The van der Waals surface area contributed by atoms with Crippen LogP contribution in [0.4, 0.5) is 5.69 Å². The highest BCUT2D eigenvalue weighted by molar-refractivity contribution is 6.30. The van der Waals surface area contributed by atoms with E-state index in [4.69, 9.17) is 11.6 Å². The van der Waals surface area contributed by atoms with E-state index in [0.717, 1.165) is 11.3 Å². The molecule has 5 nitrogen and oxygen atoms in total. The Hall–Kier alpha value is -2.66. The Kier molecular flexibility index (Phi) is 4.16. The van der Waals surface area contributed by atoms with Crippen molar-refractivity contribution in [2.45, 2.75) is 6.04 Å². The molecule has 0 unspecified atom stereocenters. The quantitative estimate of drug-likeness (QED) is 0.805. The monoisotopic (exact) mass is 312 g/mol. The first kappa shape index (κ1) is 14.3. The first-order chi connectivity index (χ1) is 10.7. The third kappa shape index (κ3) is 3.15. The SMILES string of the molecule is O=C(Nc1ccccc1)[C@H](c1ccc(Cl)cc1)n1cncn1. The lowest BCUT2D eigenvalue weighted by Crippen LogP contribution is -2.27. The van der Waals surface area contributed by atoms with Crippen LogP contribution in [0.1, 0.15) is 11.6 Å². The molecule has 0 aliphatic rings. The van der Waals surface area contributed by atoms with Crippen LogP contribution in [-0.2, 0) is 4.79 Å². The second-order valence-corrected chi connectivity index (χ2v) is 5.12. The Balaban J connectivity index is 1.92. The van der Waals surface area contributed by atoms with Gasteiger partial charge in [0.1, 0.15) is 12.7 Å². The molecule has 0 spiro atoms. The first-order valence-corrected chi connectivity index (χ1v) is 7.07. The van der Waals surface area contributed by atoms with Crippen LogP contribution in [0.5, 0.6) is 0 Å². The van der Waals surface area contributed by atoms with Crippen LogP contribution in [0, 0.1) is 0 Å². The smallest absolute Gasteiger partial charge is 0.253 e. The summed E-state index contributed by atoms with van der Waals surface area (Å²) < 4.78 is 1.52. The molecule has 6 heteroatoms. The van der Waals surface area contributed by atoms with Crippen molar-refractivity contribution in [2.24, 2.45) is 0 Å². The highest BCUT2D eigenvalue weighted by atomic mass is 35.5. The van der Waals surface area contributed by atoms with Gasteiger partial charge in [-0.3, -0.25) is 4.79 Å². The van der Waals surface area contributed by atoms with Crippen molar-refractivity contribution < 1.29 is 4.79 Å². The number of nitrogens with one attached hydrogen (secondary N) is 1. The summed E-state index contributed by atoms with van der Waals surface area (Å²) in [6.45, 7) is 0. The van der Waals surface area contributed by atoms with Gasteiger partial charge in [0.15, 0.2) is 6.04 Å². The van der Waals surface area contributed by atoms with Gasteiger partial charge in [-0.2, -0.15) is 5.10 Å². The van der Waals surface area contributed by atoms with Gasteiger partial charge in [0.2, 0.25) is 0 Å². The number of benzene rings is 2. The molecule has 0 radical (unpaired) electrons. The number of halogens is 1. The molecule has 0 saturated heterocycles. The second-order valence-electron chi connectivity index (χ2n) is 4.68. The third-order valence-corrected chi connectivity index (χ3v) is 3.43. The maximum Gasteiger partial charge on any atom is 0.253 e. The molecule has 0 aliphatic heterocycles. The Morgan fingerprint density at radius 1 is 1.09 bits per heavy atom. The highest BCUT2D eigenvalue weighted by Crippen LogP contribution is 2.21.